The summed E-state index contributed by atoms with van der Waals surface area (Å²) in [7, 11) is 1.45. The van der Waals surface area contributed by atoms with Crippen LogP contribution in [0.15, 0.2) is 48.7 Å². The fourth-order valence-corrected chi connectivity index (χ4v) is 6.67. The predicted molar refractivity (Wildman–Crippen MR) is 178 cm³/mol. The summed E-state index contributed by atoms with van der Waals surface area (Å²) < 4.78 is 99.7. The molecule has 3 heterocycles. The number of hydrogen-bond donors (Lipinski definition) is 2. The number of amides is 1. The zero-order valence-corrected chi connectivity index (χ0v) is 28.6. The first-order chi connectivity index (χ1) is 24.5. The monoisotopic (exact) mass is 738 g/mol. The van der Waals surface area contributed by atoms with Gasteiger partial charge in [-0.2, -0.15) is 26.3 Å². The maximum Gasteiger partial charge on any atom is 0.416 e. The molecule has 0 bridgehead atoms. The van der Waals surface area contributed by atoms with Crippen molar-refractivity contribution < 1.29 is 55.2 Å². The summed E-state index contributed by atoms with van der Waals surface area (Å²) in [5.74, 6) is -1.23. The van der Waals surface area contributed by atoms with Gasteiger partial charge in [-0.25, -0.2) is 4.79 Å². The van der Waals surface area contributed by atoms with Gasteiger partial charge in [-0.05, 0) is 91.3 Å². The molecule has 1 fully saturated rings. The first kappa shape index (κ1) is 38.7. The summed E-state index contributed by atoms with van der Waals surface area (Å²) in [5.41, 5.74) is 4.81. The predicted octanol–water partition coefficient (Wildman–Crippen LogP) is 7.35. The zero-order chi connectivity index (χ0) is 37.8. The number of rotatable bonds is 11. The van der Waals surface area contributed by atoms with Gasteiger partial charge in [-0.3, -0.25) is 14.7 Å². The molecule has 0 radical (unpaired) electrons. The topological polar surface area (TPSA) is 127 Å². The Hall–Kier alpha value is -4.57. The fourth-order valence-electron chi connectivity index (χ4n) is 6.67. The standard InChI is InChI=1S/C36H40F6N4O6/c1-3-34(43)20-29(28-19-27(50-2)7-8-30(28)46(34)33(49)52-11-5-4-6-31(47)48)32-23(17-26(21-44-32)45-9-12-51-13-10-45)14-22-15-24(35(37,38)39)18-25(16-22)36(40,41)42/h7-8,15-19,21,29H,3-6,9-14,20,43H2,1-2H3,(H,47,48)/t29-,34+/m0/s1. The lowest BCUT2D eigenvalue weighted by Crippen LogP contribution is -2.61. The number of ether oxygens (including phenoxy) is 3. The van der Waals surface area contributed by atoms with E-state index in [0.29, 0.717) is 85.2 Å². The number of benzene rings is 2. The molecule has 282 valence electrons. The highest BCUT2D eigenvalue weighted by molar-refractivity contribution is 5.91. The minimum Gasteiger partial charge on any atom is -0.497 e. The van der Waals surface area contributed by atoms with Gasteiger partial charge in [0.05, 0.1) is 61.3 Å². The average molecular weight is 739 g/mol. The van der Waals surface area contributed by atoms with Gasteiger partial charge in [0.25, 0.3) is 0 Å². The van der Waals surface area contributed by atoms with Gasteiger partial charge < -0.3 is 30.0 Å². The molecule has 52 heavy (non-hydrogen) atoms. The Morgan fingerprint density at radius 3 is 2.29 bits per heavy atom. The van der Waals surface area contributed by atoms with Crippen LogP contribution in [0.3, 0.4) is 0 Å². The quantitative estimate of drug-likeness (QED) is 0.153. The Kier molecular flexibility index (Phi) is 11.6. The van der Waals surface area contributed by atoms with Crippen molar-refractivity contribution in [3.63, 3.8) is 0 Å². The van der Waals surface area contributed by atoms with Gasteiger partial charge in [-0.1, -0.05) is 6.92 Å². The highest BCUT2D eigenvalue weighted by atomic mass is 19.4. The van der Waals surface area contributed by atoms with Crippen LogP contribution in [0.4, 0.5) is 42.5 Å². The smallest absolute Gasteiger partial charge is 0.416 e. The van der Waals surface area contributed by atoms with E-state index in [0.717, 1.165) is 0 Å². The molecule has 1 amide bonds. The first-order valence-electron chi connectivity index (χ1n) is 16.8. The Balaban J connectivity index is 1.62. The molecular weight excluding hydrogens is 698 g/mol. The van der Waals surface area contributed by atoms with Crippen LogP contribution < -0.4 is 20.3 Å². The number of carbonyl (C=O) groups is 2. The Bertz CT molecular complexity index is 1730. The lowest BCUT2D eigenvalue weighted by atomic mass is 9.77. The van der Waals surface area contributed by atoms with Crippen molar-refractivity contribution in [3.05, 3.63) is 82.2 Å². The number of carboxylic acid groups (broad SMARTS) is 1. The van der Waals surface area contributed by atoms with Crippen molar-refractivity contribution in [2.24, 2.45) is 5.73 Å². The number of aromatic nitrogens is 1. The van der Waals surface area contributed by atoms with Crippen molar-refractivity contribution in [3.8, 4) is 5.75 Å². The minimum atomic E-state index is -5.03. The second-order valence-corrected chi connectivity index (χ2v) is 12.9. The number of carbonyl (C=O) groups excluding carboxylic acids is 1. The number of anilines is 2. The van der Waals surface area contributed by atoms with Gasteiger partial charge in [-0.15, -0.1) is 0 Å². The molecule has 10 nitrogen and oxygen atoms in total. The van der Waals surface area contributed by atoms with E-state index in [1.54, 1.807) is 37.4 Å². The van der Waals surface area contributed by atoms with E-state index in [4.69, 9.17) is 30.0 Å². The van der Waals surface area contributed by atoms with E-state index < -0.39 is 47.1 Å². The fraction of sp³-hybridized carbons (Fsp3) is 0.472. The number of aliphatic carboxylic acids is 1. The van der Waals surface area contributed by atoms with Crippen LogP contribution in [0.2, 0.25) is 0 Å². The molecule has 3 aromatic rings. The molecule has 2 aliphatic rings. The SMILES string of the molecule is CC[C@]1(N)C[C@H](c2ncc(N3CCOCC3)cc2Cc2cc(C(F)(F)F)cc(C(F)(F)F)c2)c2cc(OC)ccc2N1C(=O)OCCCCC(=O)O. The third-order valence-electron chi connectivity index (χ3n) is 9.39. The highest BCUT2D eigenvalue weighted by Crippen LogP contribution is 2.48. The number of pyridine rings is 1. The number of fused-ring (bicyclic) bond motifs is 1. The molecule has 0 spiro atoms. The Morgan fingerprint density at radius 1 is 1.02 bits per heavy atom. The summed E-state index contributed by atoms with van der Waals surface area (Å²) >= 11 is 0. The lowest BCUT2D eigenvalue weighted by Gasteiger charge is -2.47. The lowest BCUT2D eigenvalue weighted by molar-refractivity contribution is -0.143. The second-order valence-electron chi connectivity index (χ2n) is 12.9. The number of nitrogens with two attached hydrogens (primary N) is 1. The third-order valence-corrected chi connectivity index (χ3v) is 9.39. The number of carboxylic acids is 1. The molecule has 5 rings (SSSR count). The van der Waals surface area contributed by atoms with Gasteiger partial charge in [0.2, 0.25) is 0 Å². The van der Waals surface area contributed by atoms with Gasteiger partial charge in [0, 0.05) is 25.4 Å². The highest BCUT2D eigenvalue weighted by Gasteiger charge is 2.46. The van der Waals surface area contributed by atoms with Crippen LogP contribution in [0, 0.1) is 0 Å². The van der Waals surface area contributed by atoms with Crippen molar-refractivity contribution in [2.75, 3.05) is 49.8 Å². The number of halogens is 6. The van der Waals surface area contributed by atoms with E-state index in [2.05, 4.69) is 0 Å². The number of hydrogen-bond acceptors (Lipinski definition) is 8. The molecule has 1 saturated heterocycles. The van der Waals surface area contributed by atoms with Crippen LogP contribution in [0.1, 0.15) is 78.5 Å². The van der Waals surface area contributed by atoms with Gasteiger partial charge >= 0.3 is 24.4 Å². The van der Waals surface area contributed by atoms with E-state index >= 15 is 0 Å². The molecule has 0 unspecified atom stereocenters. The third kappa shape index (κ3) is 8.72. The summed E-state index contributed by atoms with van der Waals surface area (Å²) in [6.07, 6.45) is -8.72. The Labute approximate surface area is 296 Å². The molecule has 2 aromatic carbocycles. The van der Waals surface area contributed by atoms with E-state index in [1.165, 1.54) is 12.0 Å². The van der Waals surface area contributed by atoms with Crippen molar-refractivity contribution in [1.82, 2.24) is 4.98 Å². The molecule has 0 saturated carbocycles. The summed E-state index contributed by atoms with van der Waals surface area (Å²) in [6.45, 7) is 3.57. The average Bonchev–Trinajstić information content (AvgIpc) is 3.10. The normalized spacial score (nSPS) is 19.3. The summed E-state index contributed by atoms with van der Waals surface area (Å²) in [6, 6.07) is 8.20. The van der Waals surface area contributed by atoms with Crippen LogP contribution in [0.5, 0.6) is 5.75 Å². The summed E-state index contributed by atoms with van der Waals surface area (Å²) in [5, 5.41) is 8.92. The molecule has 2 aliphatic heterocycles. The molecule has 2 atom stereocenters. The molecule has 0 aliphatic carbocycles. The first-order valence-corrected chi connectivity index (χ1v) is 16.8. The molecular formula is C36H40F6N4O6. The van der Waals surface area contributed by atoms with Crippen molar-refractivity contribution in [2.45, 2.75) is 69.4 Å². The molecule has 3 N–H and O–H groups in total. The van der Waals surface area contributed by atoms with Gasteiger partial charge in [0.1, 0.15) is 11.4 Å². The van der Waals surface area contributed by atoms with Crippen molar-refractivity contribution in [1.29, 1.82) is 0 Å². The minimum absolute atomic E-state index is 0.0526. The second kappa shape index (κ2) is 15.6. The molecule has 1 aromatic heterocycles. The van der Waals surface area contributed by atoms with Crippen LogP contribution in [-0.2, 0) is 33.0 Å². The number of morpholine rings is 1. The Morgan fingerprint density at radius 2 is 1.69 bits per heavy atom. The van der Waals surface area contributed by atoms with E-state index in [-0.39, 0.29) is 43.9 Å². The van der Waals surface area contributed by atoms with E-state index in [9.17, 15) is 35.9 Å². The zero-order valence-electron chi connectivity index (χ0n) is 28.6. The molecule has 16 heteroatoms. The van der Waals surface area contributed by atoms with E-state index in [1.807, 2.05) is 4.90 Å². The van der Waals surface area contributed by atoms with Crippen LogP contribution >= 0.6 is 0 Å². The van der Waals surface area contributed by atoms with Crippen LogP contribution in [-0.4, -0.2) is 67.8 Å². The largest absolute Gasteiger partial charge is 0.497 e. The number of alkyl halides is 6. The maximum absolute atomic E-state index is 13.9. The number of unbranched alkanes of at least 4 members (excludes halogenated alkanes) is 1. The van der Waals surface area contributed by atoms with Crippen molar-refractivity contribution >= 4 is 23.4 Å². The number of nitrogens with zero attached hydrogens (tertiary/aromatic N) is 3. The van der Waals surface area contributed by atoms with Crippen LogP contribution in [0.25, 0.3) is 0 Å². The summed E-state index contributed by atoms with van der Waals surface area (Å²) in [4.78, 5) is 32.7. The number of methoxy groups -OCH3 is 1. The van der Waals surface area contributed by atoms with Gasteiger partial charge in [0.15, 0.2) is 0 Å². The maximum atomic E-state index is 13.9.